The van der Waals surface area contributed by atoms with E-state index in [1.807, 2.05) is 36.4 Å². The third kappa shape index (κ3) is 3.49. The van der Waals surface area contributed by atoms with Gasteiger partial charge in [-0.05, 0) is 79.8 Å². The van der Waals surface area contributed by atoms with Crippen LogP contribution in [0.4, 0.5) is 10.1 Å². The number of hydrogen-bond acceptors (Lipinski definition) is 2. The summed E-state index contributed by atoms with van der Waals surface area (Å²) in [4.78, 5) is 6.66. The van der Waals surface area contributed by atoms with Crippen molar-refractivity contribution in [3.05, 3.63) is 114 Å². The Kier molecular flexibility index (Phi) is 5.00. The molecule has 4 nitrogen and oxygen atoms in total. The maximum Gasteiger partial charge on any atom is 0.174 e. The molecule has 0 aliphatic carbocycles. The fraction of sp³-hybridized carbons (Fsp3) is 0.120. The van der Waals surface area contributed by atoms with E-state index in [2.05, 4.69) is 51.0 Å². The van der Waals surface area contributed by atoms with E-state index in [-0.39, 0.29) is 17.9 Å². The number of nitrogens with zero attached hydrogens (tertiary/aromatic N) is 3. The number of hydrogen-bond donors (Lipinski definition) is 1. The summed E-state index contributed by atoms with van der Waals surface area (Å²) in [5.74, 6) is -0.275. The van der Waals surface area contributed by atoms with Gasteiger partial charge in [0.15, 0.2) is 5.11 Å². The number of para-hydroxylation sites is 1. The molecule has 1 N–H and O–H groups in total. The van der Waals surface area contributed by atoms with Crippen LogP contribution in [0.3, 0.4) is 0 Å². The summed E-state index contributed by atoms with van der Waals surface area (Å²) in [7, 11) is 0. The van der Waals surface area contributed by atoms with Crippen molar-refractivity contribution in [3.63, 3.8) is 0 Å². The van der Waals surface area contributed by atoms with E-state index < -0.39 is 0 Å². The average Bonchev–Trinajstić information content (AvgIpc) is 3.35. The highest BCUT2D eigenvalue weighted by atomic mass is 32.1. The molecule has 31 heavy (non-hydrogen) atoms. The molecule has 5 rings (SSSR count). The quantitative estimate of drug-likeness (QED) is 0.435. The molecule has 0 amide bonds. The summed E-state index contributed by atoms with van der Waals surface area (Å²) in [6.45, 7) is 2.09. The SMILES string of the molecule is Cc1ccc([C@H]2[C@H](c3ccccn3)NC(=S)N2c2ccc(F)cc2)n1-c1ccccc1. The molecule has 154 valence electrons. The molecule has 2 atom stereocenters. The Balaban J connectivity index is 1.70. The molecular formula is C25H21FN4S. The van der Waals surface area contributed by atoms with Crippen molar-refractivity contribution in [2.75, 3.05) is 4.90 Å². The summed E-state index contributed by atoms with van der Waals surface area (Å²) in [6, 6.07) is 26.5. The first-order valence-electron chi connectivity index (χ1n) is 10.1. The van der Waals surface area contributed by atoms with Gasteiger partial charge in [-0.2, -0.15) is 0 Å². The number of aromatic nitrogens is 2. The number of benzene rings is 2. The third-order valence-corrected chi connectivity index (χ3v) is 5.94. The summed E-state index contributed by atoms with van der Waals surface area (Å²) in [6.07, 6.45) is 1.79. The average molecular weight is 429 g/mol. The number of pyridine rings is 1. The number of aryl methyl sites for hydroxylation is 1. The first kappa shape index (κ1) is 19.5. The fourth-order valence-corrected chi connectivity index (χ4v) is 4.60. The molecule has 0 saturated carbocycles. The summed E-state index contributed by atoms with van der Waals surface area (Å²) in [5.41, 5.74) is 5.02. The number of nitrogens with one attached hydrogen (secondary N) is 1. The molecule has 1 saturated heterocycles. The standard InChI is InChI=1S/C25H21FN4S/c1-17-10-15-22(29(17)19-7-3-2-4-8-19)24-23(21-9-5-6-16-27-21)28-25(31)30(24)20-13-11-18(26)12-14-20/h2-16,23-24H,1H3,(H,28,31)/t23-,24-/m0/s1. The van der Waals surface area contributed by atoms with Crippen LogP contribution in [0.1, 0.15) is 29.2 Å². The lowest BCUT2D eigenvalue weighted by molar-refractivity contribution is 0.548. The lowest BCUT2D eigenvalue weighted by Gasteiger charge is -2.29. The molecule has 4 aromatic rings. The minimum Gasteiger partial charge on any atom is -0.351 e. The van der Waals surface area contributed by atoms with Crippen LogP contribution in [0.25, 0.3) is 5.69 Å². The molecule has 0 unspecified atom stereocenters. The van der Waals surface area contributed by atoms with Gasteiger partial charge in [-0.1, -0.05) is 24.3 Å². The zero-order chi connectivity index (χ0) is 21.4. The van der Waals surface area contributed by atoms with Gasteiger partial charge in [0.2, 0.25) is 0 Å². The lowest BCUT2D eigenvalue weighted by atomic mass is 10.0. The molecule has 0 radical (unpaired) electrons. The number of rotatable bonds is 4. The van der Waals surface area contributed by atoms with E-state index in [9.17, 15) is 4.39 Å². The Labute approximate surface area is 186 Å². The Bertz CT molecular complexity index is 1210. The van der Waals surface area contributed by atoms with Gasteiger partial charge in [0.1, 0.15) is 11.9 Å². The van der Waals surface area contributed by atoms with Crippen LogP contribution in [0.2, 0.25) is 0 Å². The highest BCUT2D eigenvalue weighted by Crippen LogP contribution is 2.42. The Morgan fingerprint density at radius 1 is 0.871 bits per heavy atom. The van der Waals surface area contributed by atoms with Crippen LogP contribution < -0.4 is 10.2 Å². The molecule has 2 aromatic heterocycles. The lowest BCUT2D eigenvalue weighted by Crippen LogP contribution is -2.30. The molecule has 6 heteroatoms. The zero-order valence-electron chi connectivity index (χ0n) is 16.9. The van der Waals surface area contributed by atoms with Gasteiger partial charge >= 0.3 is 0 Å². The topological polar surface area (TPSA) is 33.1 Å². The second-order valence-electron chi connectivity index (χ2n) is 7.54. The van der Waals surface area contributed by atoms with Gasteiger partial charge in [0, 0.05) is 29.0 Å². The molecule has 3 heterocycles. The van der Waals surface area contributed by atoms with Crippen molar-refractivity contribution in [2.45, 2.75) is 19.0 Å². The van der Waals surface area contributed by atoms with Crippen molar-refractivity contribution < 1.29 is 4.39 Å². The monoisotopic (exact) mass is 428 g/mol. The molecule has 1 aliphatic heterocycles. The number of thiocarbonyl (C=S) groups is 1. The van der Waals surface area contributed by atoms with E-state index in [1.54, 1.807) is 18.3 Å². The second-order valence-corrected chi connectivity index (χ2v) is 7.93. The smallest absolute Gasteiger partial charge is 0.174 e. The molecule has 0 spiro atoms. The molecular weight excluding hydrogens is 407 g/mol. The number of anilines is 1. The van der Waals surface area contributed by atoms with Crippen LogP contribution in [0.5, 0.6) is 0 Å². The van der Waals surface area contributed by atoms with E-state index in [1.165, 1.54) is 12.1 Å². The van der Waals surface area contributed by atoms with Gasteiger partial charge in [0.25, 0.3) is 0 Å². The van der Waals surface area contributed by atoms with Crippen molar-refractivity contribution in [2.24, 2.45) is 0 Å². The Hall–Kier alpha value is -3.51. The van der Waals surface area contributed by atoms with Crippen molar-refractivity contribution in [1.29, 1.82) is 0 Å². The van der Waals surface area contributed by atoms with E-state index in [0.717, 1.165) is 28.5 Å². The molecule has 0 bridgehead atoms. The van der Waals surface area contributed by atoms with Crippen molar-refractivity contribution >= 4 is 23.0 Å². The van der Waals surface area contributed by atoms with Gasteiger partial charge in [0.05, 0.1) is 11.7 Å². The molecule has 2 aromatic carbocycles. The summed E-state index contributed by atoms with van der Waals surface area (Å²) >= 11 is 5.76. The minimum atomic E-state index is -0.275. The predicted molar refractivity (Wildman–Crippen MR) is 125 cm³/mol. The van der Waals surface area contributed by atoms with Crippen LogP contribution in [0.15, 0.2) is 91.1 Å². The van der Waals surface area contributed by atoms with Crippen LogP contribution >= 0.6 is 12.2 Å². The predicted octanol–water partition coefficient (Wildman–Crippen LogP) is 5.50. The Morgan fingerprint density at radius 2 is 1.61 bits per heavy atom. The zero-order valence-corrected chi connectivity index (χ0v) is 17.8. The maximum atomic E-state index is 13.6. The van der Waals surface area contributed by atoms with Crippen LogP contribution in [0, 0.1) is 12.7 Å². The van der Waals surface area contributed by atoms with Gasteiger partial charge in [-0.25, -0.2) is 4.39 Å². The van der Waals surface area contributed by atoms with Crippen LogP contribution in [-0.4, -0.2) is 14.7 Å². The number of halogens is 1. The summed E-state index contributed by atoms with van der Waals surface area (Å²) < 4.78 is 15.9. The fourth-order valence-electron chi connectivity index (χ4n) is 4.25. The van der Waals surface area contributed by atoms with Gasteiger partial charge < -0.3 is 14.8 Å². The maximum absolute atomic E-state index is 13.6. The summed E-state index contributed by atoms with van der Waals surface area (Å²) in [5, 5.41) is 4.05. The van der Waals surface area contributed by atoms with Crippen LogP contribution in [-0.2, 0) is 0 Å². The molecule has 1 aliphatic rings. The van der Waals surface area contributed by atoms with E-state index in [0.29, 0.717) is 5.11 Å². The van der Waals surface area contributed by atoms with E-state index >= 15 is 0 Å². The Morgan fingerprint density at radius 3 is 2.32 bits per heavy atom. The first-order valence-corrected chi connectivity index (χ1v) is 10.5. The van der Waals surface area contributed by atoms with E-state index in [4.69, 9.17) is 12.2 Å². The van der Waals surface area contributed by atoms with Gasteiger partial charge in [-0.3, -0.25) is 4.98 Å². The highest BCUT2D eigenvalue weighted by molar-refractivity contribution is 7.80. The van der Waals surface area contributed by atoms with Crippen molar-refractivity contribution in [3.8, 4) is 5.69 Å². The van der Waals surface area contributed by atoms with Gasteiger partial charge in [-0.15, -0.1) is 0 Å². The minimum absolute atomic E-state index is 0.157. The van der Waals surface area contributed by atoms with Crippen molar-refractivity contribution in [1.82, 2.24) is 14.9 Å². The normalized spacial score (nSPS) is 18.3. The molecule has 1 fully saturated rings. The third-order valence-electron chi connectivity index (χ3n) is 5.63. The highest BCUT2D eigenvalue weighted by Gasteiger charge is 2.42. The first-order chi connectivity index (χ1) is 15.1. The largest absolute Gasteiger partial charge is 0.351 e. The second kappa shape index (κ2) is 7.96.